The number of carbonyl (C=O) groups is 1. The van der Waals surface area contributed by atoms with E-state index in [0.29, 0.717) is 0 Å². The maximum Gasteiger partial charge on any atom is 0.300 e. The van der Waals surface area contributed by atoms with E-state index in [2.05, 4.69) is 10.2 Å². The smallest absolute Gasteiger partial charge is 0.300 e. The number of nitro groups is 1. The highest BCUT2D eigenvalue weighted by atomic mass is 35.5. The monoisotopic (exact) mass is 301 g/mol. The van der Waals surface area contributed by atoms with Crippen molar-refractivity contribution in [3.05, 3.63) is 38.9 Å². The molecule has 1 aromatic carbocycles. The average molecular weight is 302 g/mol. The summed E-state index contributed by atoms with van der Waals surface area (Å²) < 4.78 is 0. The van der Waals surface area contributed by atoms with Gasteiger partial charge >= 0.3 is 0 Å². The predicted octanol–water partition coefficient (Wildman–Crippen LogP) is 0.946. The maximum atomic E-state index is 10.7. The molecule has 0 atom stereocenters. The first-order chi connectivity index (χ1) is 9.25. The summed E-state index contributed by atoms with van der Waals surface area (Å²) in [6.45, 7) is 1.08. The van der Waals surface area contributed by atoms with Crippen LogP contribution in [-0.2, 0) is 4.79 Å². The van der Waals surface area contributed by atoms with E-state index in [1.165, 1.54) is 18.2 Å². The van der Waals surface area contributed by atoms with Crippen LogP contribution in [0.15, 0.2) is 28.4 Å². The van der Waals surface area contributed by atoms with Gasteiger partial charge < -0.3 is 16.6 Å². The molecule has 1 rings (SSSR count). The predicted molar refractivity (Wildman–Crippen MR) is 74.8 cm³/mol. The maximum absolute atomic E-state index is 10.7. The van der Waals surface area contributed by atoms with Crippen molar-refractivity contribution in [1.82, 2.24) is 0 Å². The van der Waals surface area contributed by atoms with Crippen molar-refractivity contribution < 1.29 is 14.8 Å². The first-order valence-corrected chi connectivity index (χ1v) is 5.38. The van der Waals surface area contributed by atoms with Crippen LogP contribution in [0.5, 0.6) is 0 Å². The number of nitrogens with two attached hydrogens (primary N) is 2. The van der Waals surface area contributed by atoms with Gasteiger partial charge in [0.15, 0.2) is 0 Å². The number of benzene rings is 1. The SMILES string of the molecule is CC(=O)O.NC(N)=NN=Cc1c(Cl)cccc1[N+](=O)[O-]. The van der Waals surface area contributed by atoms with Crippen LogP contribution in [0.2, 0.25) is 5.02 Å². The Kier molecular flexibility index (Phi) is 7.30. The summed E-state index contributed by atoms with van der Waals surface area (Å²) in [6.07, 6.45) is 1.13. The molecule has 0 saturated carbocycles. The van der Waals surface area contributed by atoms with Crippen LogP contribution >= 0.6 is 11.6 Å². The van der Waals surface area contributed by atoms with E-state index in [-0.39, 0.29) is 22.2 Å². The number of carboxylic acids is 1. The molecule has 0 aliphatic rings. The zero-order chi connectivity index (χ0) is 15.7. The second-order valence-electron chi connectivity index (χ2n) is 3.22. The quantitative estimate of drug-likeness (QED) is 0.326. The Morgan fingerprint density at radius 3 is 2.50 bits per heavy atom. The van der Waals surface area contributed by atoms with Crippen molar-refractivity contribution in [1.29, 1.82) is 0 Å². The van der Waals surface area contributed by atoms with Gasteiger partial charge in [0.05, 0.1) is 21.7 Å². The number of guanidine groups is 1. The average Bonchev–Trinajstić information content (AvgIpc) is 2.29. The van der Waals surface area contributed by atoms with E-state index >= 15 is 0 Å². The van der Waals surface area contributed by atoms with Crippen molar-refractivity contribution in [2.24, 2.45) is 21.7 Å². The van der Waals surface area contributed by atoms with E-state index in [1.807, 2.05) is 0 Å². The van der Waals surface area contributed by atoms with Crippen molar-refractivity contribution in [3.63, 3.8) is 0 Å². The molecule has 5 N–H and O–H groups in total. The van der Waals surface area contributed by atoms with Gasteiger partial charge in [-0.1, -0.05) is 17.7 Å². The van der Waals surface area contributed by atoms with Crippen LogP contribution in [0, 0.1) is 10.1 Å². The minimum absolute atomic E-state index is 0.152. The van der Waals surface area contributed by atoms with Gasteiger partial charge in [-0.25, -0.2) is 0 Å². The number of hydrogen-bond donors (Lipinski definition) is 3. The van der Waals surface area contributed by atoms with Crippen LogP contribution in [-0.4, -0.2) is 28.2 Å². The number of halogens is 1. The van der Waals surface area contributed by atoms with Gasteiger partial charge in [0.2, 0.25) is 5.96 Å². The fraction of sp³-hybridized carbons (Fsp3) is 0.100. The molecule has 1 aromatic rings. The van der Waals surface area contributed by atoms with Crippen molar-refractivity contribution >= 4 is 35.4 Å². The van der Waals surface area contributed by atoms with Crippen LogP contribution in [0.1, 0.15) is 12.5 Å². The highest BCUT2D eigenvalue weighted by molar-refractivity contribution is 6.33. The molecule has 9 nitrogen and oxygen atoms in total. The molecule has 0 aliphatic carbocycles. The molecule has 0 radical (unpaired) electrons. The lowest BCUT2D eigenvalue weighted by Gasteiger charge is -1.98. The molecule has 0 aliphatic heterocycles. The largest absolute Gasteiger partial charge is 0.481 e. The Morgan fingerprint density at radius 2 is 2.05 bits per heavy atom. The third-order valence-electron chi connectivity index (χ3n) is 1.59. The van der Waals surface area contributed by atoms with Gasteiger partial charge in [0.25, 0.3) is 11.7 Å². The number of rotatable bonds is 3. The minimum atomic E-state index is -0.833. The first kappa shape index (κ1) is 17.3. The summed E-state index contributed by atoms with van der Waals surface area (Å²) >= 11 is 5.78. The van der Waals surface area contributed by atoms with Crippen molar-refractivity contribution in [3.8, 4) is 0 Å². The zero-order valence-electron chi connectivity index (χ0n) is 10.4. The summed E-state index contributed by atoms with van der Waals surface area (Å²) in [5, 5.41) is 25.1. The molecule has 0 unspecified atom stereocenters. The Labute approximate surface area is 118 Å². The lowest BCUT2D eigenvalue weighted by Crippen LogP contribution is -2.21. The molecule has 0 heterocycles. The van der Waals surface area contributed by atoms with Gasteiger partial charge in [-0.15, -0.1) is 5.10 Å². The van der Waals surface area contributed by atoms with Crippen molar-refractivity contribution in [2.45, 2.75) is 6.92 Å². The van der Waals surface area contributed by atoms with Gasteiger partial charge in [0, 0.05) is 13.0 Å². The van der Waals surface area contributed by atoms with Crippen LogP contribution in [0.4, 0.5) is 5.69 Å². The molecule has 0 spiro atoms. The Hall–Kier alpha value is -2.68. The van der Waals surface area contributed by atoms with Crippen LogP contribution in [0.25, 0.3) is 0 Å². The molecule has 20 heavy (non-hydrogen) atoms. The summed E-state index contributed by atoms with van der Waals surface area (Å²) in [6, 6.07) is 4.28. The van der Waals surface area contributed by atoms with Gasteiger partial charge in [-0.3, -0.25) is 14.9 Å². The molecular weight excluding hydrogens is 290 g/mol. The number of nitro benzene ring substituents is 1. The third kappa shape index (κ3) is 6.91. The fourth-order valence-electron chi connectivity index (χ4n) is 0.966. The van der Waals surface area contributed by atoms with E-state index in [1.54, 1.807) is 0 Å². The normalized spacial score (nSPS) is 9.50. The van der Waals surface area contributed by atoms with Gasteiger partial charge in [-0.2, -0.15) is 5.10 Å². The second-order valence-corrected chi connectivity index (χ2v) is 3.63. The van der Waals surface area contributed by atoms with Gasteiger partial charge in [-0.05, 0) is 6.07 Å². The molecule has 108 valence electrons. The van der Waals surface area contributed by atoms with Gasteiger partial charge in [0.1, 0.15) is 0 Å². The standard InChI is InChI=1S/C8H8ClN5O2.C2H4O2/c9-6-2-1-3-7(14(15)16)5(6)4-12-13-8(10)11;1-2(3)4/h1-4H,(H4,10,11,13);1H3,(H,3,4). The Bertz CT molecular complexity index is 551. The van der Waals surface area contributed by atoms with Crippen LogP contribution < -0.4 is 11.5 Å². The highest BCUT2D eigenvalue weighted by Crippen LogP contribution is 2.24. The molecule has 10 heteroatoms. The van der Waals surface area contributed by atoms with E-state index in [4.69, 9.17) is 33.0 Å². The molecule has 0 fully saturated rings. The molecule has 0 bridgehead atoms. The van der Waals surface area contributed by atoms with E-state index in [0.717, 1.165) is 13.1 Å². The van der Waals surface area contributed by atoms with E-state index in [9.17, 15) is 10.1 Å². The number of nitrogens with zero attached hydrogens (tertiary/aromatic N) is 3. The fourth-order valence-corrected chi connectivity index (χ4v) is 1.18. The van der Waals surface area contributed by atoms with Crippen molar-refractivity contribution in [2.75, 3.05) is 0 Å². The Morgan fingerprint density at radius 1 is 1.50 bits per heavy atom. The molecule has 0 saturated heterocycles. The Balaban J connectivity index is 0.000000796. The molecule has 0 amide bonds. The van der Waals surface area contributed by atoms with Crippen LogP contribution in [0.3, 0.4) is 0 Å². The summed E-state index contributed by atoms with van der Waals surface area (Å²) in [4.78, 5) is 19.1. The van der Waals surface area contributed by atoms with E-state index < -0.39 is 10.9 Å². The summed E-state index contributed by atoms with van der Waals surface area (Å²) in [5.74, 6) is -1.08. The lowest BCUT2D eigenvalue weighted by molar-refractivity contribution is -0.385. The summed E-state index contributed by atoms with van der Waals surface area (Å²) in [7, 11) is 0. The highest BCUT2D eigenvalue weighted by Gasteiger charge is 2.14. The lowest BCUT2D eigenvalue weighted by atomic mass is 10.2. The topological polar surface area (TPSA) is 157 Å². The molecule has 0 aromatic heterocycles. The third-order valence-corrected chi connectivity index (χ3v) is 1.92. The number of hydrogen-bond acceptors (Lipinski definition) is 5. The first-order valence-electron chi connectivity index (χ1n) is 5.00. The molecular formula is C10H12ClN5O4. The minimum Gasteiger partial charge on any atom is -0.481 e. The second kappa shape index (κ2) is 8.43. The summed E-state index contributed by atoms with van der Waals surface area (Å²) in [5.41, 5.74) is 10.1. The zero-order valence-corrected chi connectivity index (χ0v) is 11.1. The number of aliphatic carboxylic acids is 1. The number of carboxylic acid groups (broad SMARTS) is 1.